The van der Waals surface area contributed by atoms with E-state index in [1.165, 1.54) is 18.2 Å². The standard InChI is InChI=1S/C11H11F3N2O2/c12-11(13,14)7-17-3-4-18-10-2-1-8(6-15)5-9(10)16/h1-2,5H,3-4,7,16H2. The summed E-state index contributed by atoms with van der Waals surface area (Å²) in [5.41, 5.74) is 6.22. The van der Waals surface area contributed by atoms with Gasteiger partial charge in [0.15, 0.2) is 0 Å². The van der Waals surface area contributed by atoms with Crippen LogP contribution in [0.15, 0.2) is 18.2 Å². The van der Waals surface area contributed by atoms with Crippen molar-refractivity contribution in [3.8, 4) is 11.8 Å². The van der Waals surface area contributed by atoms with Crippen LogP contribution in [0.25, 0.3) is 0 Å². The second-order valence-electron chi connectivity index (χ2n) is 3.38. The number of nitrogens with two attached hydrogens (primary N) is 1. The molecule has 0 spiro atoms. The molecule has 0 amide bonds. The molecule has 0 aromatic heterocycles. The van der Waals surface area contributed by atoms with Crippen LogP contribution in [0, 0.1) is 11.3 Å². The quantitative estimate of drug-likeness (QED) is 0.650. The average molecular weight is 260 g/mol. The molecule has 1 rings (SSSR count). The Labute approximate surface area is 102 Å². The zero-order valence-corrected chi connectivity index (χ0v) is 9.33. The smallest absolute Gasteiger partial charge is 0.411 e. The number of anilines is 1. The maximum absolute atomic E-state index is 11.7. The SMILES string of the molecule is N#Cc1ccc(OCCOCC(F)(F)F)c(N)c1. The fourth-order valence-corrected chi connectivity index (χ4v) is 1.15. The van der Waals surface area contributed by atoms with Gasteiger partial charge in [-0.3, -0.25) is 0 Å². The van der Waals surface area contributed by atoms with Crippen molar-refractivity contribution in [2.24, 2.45) is 0 Å². The first-order valence-electron chi connectivity index (χ1n) is 4.99. The molecular weight excluding hydrogens is 249 g/mol. The summed E-state index contributed by atoms with van der Waals surface area (Å²) < 4.78 is 44.7. The van der Waals surface area contributed by atoms with E-state index >= 15 is 0 Å². The van der Waals surface area contributed by atoms with Gasteiger partial charge in [0, 0.05) is 0 Å². The monoisotopic (exact) mass is 260 g/mol. The topological polar surface area (TPSA) is 68.3 Å². The van der Waals surface area contributed by atoms with Crippen LogP contribution in [0.5, 0.6) is 5.75 Å². The van der Waals surface area contributed by atoms with Crippen molar-refractivity contribution in [2.75, 3.05) is 25.6 Å². The van der Waals surface area contributed by atoms with Crippen molar-refractivity contribution >= 4 is 5.69 Å². The average Bonchev–Trinajstić information content (AvgIpc) is 2.29. The van der Waals surface area contributed by atoms with E-state index in [0.29, 0.717) is 11.3 Å². The highest BCUT2D eigenvalue weighted by molar-refractivity contribution is 5.56. The van der Waals surface area contributed by atoms with Crippen LogP contribution in [-0.2, 0) is 4.74 Å². The molecule has 7 heteroatoms. The summed E-state index contributed by atoms with van der Waals surface area (Å²) in [5.74, 6) is 0.310. The van der Waals surface area contributed by atoms with Gasteiger partial charge in [-0.2, -0.15) is 18.4 Å². The van der Waals surface area contributed by atoms with Gasteiger partial charge in [0.2, 0.25) is 0 Å². The fourth-order valence-electron chi connectivity index (χ4n) is 1.15. The van der Waals surface area contributed by atoms with Crippen LogP contribution in [-0.4, -0.2) is 26.0 Å². The molecule has 2 N–H and O–H groups in total. The Hall–Kier alpha value is -1.94. The lowest BCUT2D eigenvalue weighted by molar-refractivity contribution is -0.175. The van der Waals surface area contributed by atoms with E-state index < -0.39 is 12.8 Å². The van der Waals surface area contributed by atoms with Crippen molar-refractivity contribution in [2.45, 2.75) is 6.18 Å². The Kier molecular flexibility index (Phi) is 4.80. The Balaban J connectivity index is 2.34. The van der Waals surface area contributed by atoms with Gasteiger partial charge in [0.25, 0.3) is 0 Å². The molecular formula is C11H11F3N2O2. The number of ether oxygens (including phenoxy) is 2. The molecule has 0 saturated heterocycles. The molecule has 4 nitrogen and oxygen atoms in total. The van der Waals surface area contributed by atoms with Crippen molar-refractivity contribution in [3.63, 3.8) is 0 Å². The molecule has 98 valence electrons. The van der Waals surface area contributed by atoms with Crippen LogP contribution in [0.2, 0.25) is 0 Å². The number of rotatable bonds is 5. The van der Waals surface area contributed by atoms with Gasteiger partial charge < -0.3 is 15.2 Å². The van der Waals surface area contributed by atoms with E-state index in [1.54, 1.807) is 0 Å². The van der Waals surface area contributed by atoms with E-state index in [-0.39, 0.29) is 18.9 Å². The molecule has 0 atom stereocenters. The predicted molar refractivity (Wildman–Crippen MR) is 57.9 cm³/mol. The predicted octanol–water partition coefficient (Wildman–Crippen LogP) is 2.10. The van der Waals surface area contributed by atoms with Gasteiger partial charge in [-0.05, 0) is 18.2 Å². The second-order valence-corrected chi connectivity index (χ2v) is 3.38. The Morgan fingerprint density at radius 3 is 2.56 bits per heavy atom. The van der Waals surface area contributed by atoms with Gasteiger partial charge in [0.1, 0.15) is 19.0 Å². The van der Waals surface area contributed by atoms with Crippen LogP contribution in [0.4, 0.5) is 18.9 Å². The lowest BCUT2D eigenvalue weighted by atomic mass is 10.2. The van der Waals surface area contributed by atoms with E-state index in [9.17, 15) is 13.2 Å². The van der Waals surface area contributed by atoms with Crippen LogP contribution in [0.3, 0.4) is 0 Å². The Bertz CT molecular complexity index is 441. The summed E-state index contributed by atoms with van der Waals surface area (Å²) in [4.78, 5) is 0. The molecule has 0 aliphatic heterocycles. The molecule has 0 saturated carbocycles. The summed E-state index contributed by atoms with van der Waals surface area (Å²) in [6.45, 7) is -1.55. The van der Waals surface area contributed by atoms with Crippen molar-refractivity contribution in [1.29, 1.82) is 5.26 Å². The van der Waals surface area contributed by atoms with Gasteiger partial charge in [0.05, 0.1) is 23.9 Å². The third-order valence-corrected chi connectivity index (χ3v) is 1.89. The number of benzene rings is 1. The minimum atomic E-state index is -4.34. The lowest BCUT2D eigenvalue weighted by Crippen LogP contribution is -2.19. The zero-order chi connectivity index (χ0) is 13.6. The summed E-state index contributed by atoms with van der Waals surface area (Å²) >= 11 is 0. The molecule has 0 aliphatic rings. The summed E-state index contributed by atoms with van der Waals surface area (Å²) in [7, 11) is 0. The first-order chi connectivity index (χ1) is 8.42. The molecule has 0 unspecified atom stereocenters. The number of nitriles is 1. The van der Waals surface area contributed by atoms with Gasteiger partial charge in [-0.25, -0.2) is 0 Å². The third kappa shape index (κ3) is 4.93. The number of hydrogen-bond acceptors (Lipinski definition) is 4. The number of alkyl halides is 3. The van der Waals surface area contributed by atoms with Gasteiger partial charge >= 0.3 is 6.18 Å². The van der Waals surface area contributed by atoms with Crippen LogP contribution < -0.4 is 10.5 Å². The van der Waals surface area contributed by atoms with Crippen LogP contribution in [0.1, 0.15) is 5.56 Å². The number of hydrogen-bond donors (Lipinski definition) is 1. The molecule has 0 fully saturated rings. The Morgan fingerprint density at radius 1 is 1.28 bits per heavy atom. The van der Waals surface area contributed by atoms with Gasteiger partial charge in [-0.1, -0.05) is 0 Å². The molecule has 0 radical (unpaired) electrons. The Morgan fingerprint density at radius 2 is 2.00 bits per heavy atom. The highest BCUT2D eigenvalue weighted by Crippen LogP contribution is 2.22. The van der Waals surface area contributed by atoms with Crippen molar-refractivity contribution in [1.82, 2.24) is 0 Å². The van der Waals surface area contributed by atoms with E-state index in [1.807, 2.05) is 6.07 Å². The minimum absolute atomic E-state index is 0.0494. The maximum atomic E-state index is 11.7. The van der Waals surface area contributed by atoms with E-state index in [2.05, 4.69) is 4.74 Å². The zero-order valence-electron chi connectivity index (χ0n) is 9.33. The normalized spacial score (nSPS) is 11.0. The van der Waals surface area contributed by atoms with E-state index in [4.69, 9.17) is 15.7 Å². The maximum Gasteiger partial charge on any atom is 0.411 e. The summed E-state index contributed by atoms with van der Waals surface area (Å²) in [6, 6.07) is 6.31. The number of halogens is 3. The van der Waals surface area contributed by atoms with Gasteiger partial charge in [-0.15, -0.1) is 0 Å². The summed E-state index contributed by atoms with van der Waals surface area (Å²) in [6.07, 6.45) is -4.34. The number of nitrogens with zero attached hydrogens (tertiary/aromatic N) is 1. The molecule has 18 heavy (non-hydrogen) atoms. The first-order valence-corrected chi connectivity index (χ1v) is 4.99. The highest BCUT2D eigenvalue weighted by atomic mass is 19.4. The molecule has 0 aliphatic carbocycles. The highest BCUT2D eigenvalue weighted by Gasteiger charge is 2.27. The fraction of sp³-hybridized carbons (Fsp3) is 0.364. The second kappa shape index (κ2) is 6.12. The third-order valence-electron chi connectivity index (χ3n) is 1.89. The molecule has 1 aromatic rings. The molecule has 0 heterocycles. The van der Waals surface area contributed by atoms with Crippen molar-refractivity contribution < 1.29 is 22.6 Å². The molecule has 0 bridgehead atoms. The minimum Gasteiger partial charge on any atom is -0.489 e. The summed E-state index contributed by atoms with van der Waals surface area (Å²) in [5, 5.41) is 8.60. The molecule has 1 aromatic carbocycles. The first kappa shape index (κ1) is 14.1. The largest absolute Gasteiger partial charge is 0.489 e. The lowest BCUT2D eigenvalue weighted by Gasteiger charge is -2.10. The van der Waals surface area contributed by atoms with Crippen LogP contribution >= 0.6 is 0 Å². The van der Waals surface area contributed by atoms with E-state index in [0.717, 1.165) is 0 Å². The van der Waals surface area contributed by atoms with Crippen molar-refractivity contribution in [3.05, 3.63) is 23.8 Å². The number of nitrogen functional groups attached to an aromatic ring is 1.